The molecule has 0 aliphatic carbocycles. The number of thiazole rings is 1. The zero-order valence-corrected chi connectivity index (χ0v) is 17.3. The van der Waals surface area contributed by atoms with Gasteiger partial charge in [-0.2, -0.15) is 0 Å². The normalized spacial score (nSPS) is 11.0. The van der Waals surface area contributed by atoms with Crippen molar-refractivity contribution in [2.75, 3.05) is 0 Å². The number of thioether (sulfide) groups is 1. The average molecular weight is 408 g/mol. The van der Waals surface area contributed by atoms with E-state index < -0.39 is 0 Å². The van der Waals surface area contributed by atoms with Crippen LogP contribution in [0.1, 0.15) is 17.2 Å². The van der Waals surface area contributed by atoms with Gasteiger partial charge >= 0.3 is 0 Å². The predicted octanol–water partition coefficient (Wildman–Crippen LogP) is 4.81. The van der Waals surface area contributed by atoms with Crippen molar-refractivity contribution >= 4 is 23.1 Å². The van der Waals surface area contributed by atoms with Crippen LogP contribution in [-0.4, -0.2) is 24.3 Å². The lowest BCUT2D eigenvalue weighted by Crippen LogP contribution is -2.06. The van der Waals surface area contributed by atoms with Crippen molar-refractivity contribution in [3.63, 3.8) is 0 Å². The molecule has 0 N–H and O–H groups in total. The minimum atomic E-state index is 0.696. The topological polar surface area (TPSA) is 48.5 Å². The standard InChI is InChI=1S/C21H21N5S2/c1-3-11-26-19(13-18-10-7-12-25(18)2)23-24-21(26)28-15-17-14-27-20(22-17)16-8-5-4-6-9-16/h3-10,12,14H,1,11,13,15H2,2H3. The van der Waals surface area contributed by atoms with Crippen molar-refractivity contribution in [3.05, 3.63) is 83.9 Å². The molecule has 0 amide bonds. The molecule has 1 aromatic carbocycles. The number of aromatic nitrogens is 5. The molecular weight excluding hydrogens is 386 g/mol. The molecule has 4 aromatic rings. The first-order chi connectivity index (χ1) is 13.7. The molecule has 0 unspecified atom stereocenters. The monoisotopic (exact) mass is 407 g/mol. The zero-order chi connectivity index (χ0) is 19.3. The van der Waals surface area contributed by atoms with Crippen molar-refractivity contribution in [3.8, 4) is 10.6 Å². The largest absolute Gasteiger partial charge is 0.354 e. The highest BCUT2D eigenvalue weighted by Gasteiger charge is 2.14. The fourth-order valence-electron chi connectivity index (χ4n) is 2.94. The van der Waals surface area contributed by atoms with Crippen LogP contribution in [0.4, 0.5) is 0 Å². The van der Waals surface area contributed by atoms with Gasteiger partial charge < -0.3 is 9.13 Å². The van der Waals surface area contributed by atoms with Gasteiger partial charge in [-0.1, -0.05) is 48.2 Å². The first-order valence-electron chi connectivity index (χ1n) is 9.00. The van der Waals surface area contributed by atoms with Crippen molar-refractivity contribution in [1.82, 2.24) is 24.3 Å². The fourth-order valence-corrected chi connectivity index (χ4v) is 4.73. The Bertz CT molecular complexity index is 1060. The molecule has 0 atom stereocenters. The van der Waals surface area contributed by atoms with Crippen LogP contribution >= 0.6 is 23.1 Å². The molecule has 7 heteroatoms. The van der Waals surface area contributed by atoms with E-state index in [4.69, 9.17) is 4.98 Å². The molecule has 0 aliphatic rings. The summed E-state index contributed by atoms with van der Waals surface area (Å²) in [5, 5.41) is 12.9. The predicted molar refractivity (Wildman–Crippen MR) is 116 cm³/mol. The number of hydrogen-bond donors (Lipinski definition) is 0. The zero-order valence-electron chi connectivity index (χ0n) is 15.7. The van der Waals surface area contributed by atoms with Crippen molar-refractivity contribution in [2.45, 2.75) is 23.9 Å². The summed E-state index contributed by atoms with van der Waals surface area (Å²) in [6.07, 6.45) is 4.68. The minimum Gasteiger partial charge on any atom is -0.354 e. The van der Waals surface area contributed by atoms with Gasteiger partial charge in [0.05, 0.1) is 5.69 Å². The van der Waals surface area contributed by atoms with Gasteiger partial charge in [0.25, 0.3) is 0 Å². The Hall–Kier alpha value is -2.64. The molecule has 0 saturated heterocycles. The summed E-state index contributed by atoms with van der Waals surface area (Å²) in [7, 11) is 2.05. The van der Waals surface area contributed by atoms with Crippen LogP contribution in [-0.2, 0) is 25.8 Å². The van der Waals surface area contributed by atoms with Gasteiger partial charge in [-0.25, -0.2) is 4.98 Å². The second kappa shape index (κ2) is 8.58. The fraction of sp³-hybridized carbons (Fsp3) is 0.190. The van der Waals surface area contributed by atoms with E-state index in [-0.39, 0.29) is 0 Å². The van der Waals surface area contributed by atoms with E-state index in [1.165, 1.54) is 5.69 Å². The SMILES string of the molecule is C=CCn1c(Cc2cccn2C)nnc1SCc1csc(-c2ccccc2)n1. The Morgan fingerprint density at radius 2 is 2.00 bits per heavy atom. The number of hydrogen-bond acceptors (Lipinski definition) is 5. The van der Waals surface area contributed by atoms with Gasteiger partial charge in [-0.3, -0.25) is 0 Å². The van der Waals surface area contributed by atoms with Crippen molar-refractivity contribution in [2.24, 2.45) is 7.05 Å². The summed E-state index contributed by atoms with van der Waals surface area (Å²) < 4.78 is 4.25. The van der Waals surface area contributed by atoms with E-state index >= 15 is 0 Å². The molecule has 4 rings (SSSR count). The maximum Gasteiger partial charge on any atom is 0.191 e. The van der Waals surface area contributed by atoms with Gasteiger partial charge in [0.1, 0.15) is 10.8 Å². The van der Waals surface area contributed by atoms with Crippen LogP contribution < -0.4 is 0 Å². The Morgan fingerprint density at radius 3 is 2.75 bits per heavy atom. The van der Waals surface area contributed by atoms with Gasteiger partial charge in [-0.15, -0.1) is 28.1 Å². The third kappa shape index (κ3) is 4.10. The molecule has 0 spiro atoms. The highest BCUT2D eigenvalue weighted by molar-refractivity contribution is 7.98. The highest BCUT2D eigenvalue weighted by atomic mass is 32.2. The Balaban J connectivity index is 1.48. The van der Waals surface area contributed by atoms with Gasteiger partial charge in [0, 0.05) is 48.6 Å². The lowest BCUT2D eigenvalue weighted by Gasteiger charge is -2.08. The third-order valence-corrected chi connectivity index (χ3v) is 6.36. The molecule has 5 nitrogen and oxygen atoms in total. The van der Waals surface area contributed by atoms with E-state index in [0.29, 0.717) is 6.54 Å². The average Bonchev–Trinajstić information content (AvgIpc) is 3.44. The summed E-state index contributed by atoms with van der Waals surface area (Å²) >= 11 is 3.34. The van der Waals surface area contributed by atoms with E-state index in [2.05, 4.69) is 49.5 Å². The number of allylic oxidation sites excluding steroid dienone is 1. The van der Waals surface area contributed by atoms with Gasteiger partial charge in [-0.05, 0) is 12.1 Å². The molecular formula is C21H21N5S2. The number of aryl methyl sites for hydroxylation is 1. The molecule has 0 saturated carbocycles. The second-order valence-electron chi connectivity index (χ2n) is 6.38. The summed E-state index contributed by atoms with van der Waals surface area (Å²) in [4.78, 5) is 4.77. The van der Waals surface area contributed by atoms with Gasteiger partial charge in [0.15, 0.2) is 5.16 Å². The molecule has 3 heterocycles. The lowest BCUT2D eigenvalue weighted by atomic mass is 10.2. The number of benzene rings is 1. The van der Waals surface area contributed by atoms with Crippen LogP contribution in [0.3, 0.4) is 0 Å². The molecule has 28 heavy (non-hydrogen) atoms. The third-order valence-electron chi connectivity index (χ3n) is 4.42. The molecule has 0 radical (unpaired) electrons. The maximum absolute atomic E-state index is 4.77. The molecule has 0 aliphatic heterocycles. The first kappa shape index (κ1) is 18.7. The van der Waals surface area contributed by atoms with Crippen LogP contribution in [0, 0.1) is 0 Å². The molecule has 0 fully saturated rings. The van der Waals surface area contributed by atoms with Crippen LogP contribution in [0.2, 0.25) is 0 Å². The maximum atomic E-state index is 4.77. The van der Waals surface area contributed by atoms with Crippen LogP contribution in [0.5, 0.6) is 0 Å². The first-order valence-corrected chi connectivity index (χ1v) is 10.9. The number of nitrogens with zero attached hydrogens (tertiary/aromatic N) is 5. The smallest absolute Gasteiger partial charge is 0.191 e. The minimum absolute atomic E-state index is 0.696. The molecule has 3 aromatic heterocycles. The Kier molecular flexibility index (Phi) is 5.73. The second-order valence-corrected chi connectivity index (χ2v) is 8.18. The van der Waals surface area contributed by atoms with E-state index in [0.717, 1.165) is 39.4 Å². The summed E-state index contributed by atoms with van der Waals surface area (Å²) in [6.45, 7) is 4.58. The van der Waals surface area contributed by atoms with E-state index in [9.17, 15) is 0 Å². The highest BCUT2D eigenvalue weighted by Crippen LogP contribution is 2.28. The van der Waals surface area contributed by atoms with Crippen molar-refractivity contribution in [1.29, 1.82) is 0 Å². The van der Waals surface area contributed by atoms with Gasteiger partial charge in [0.2, 0.25) is 0 Å². The quantitative estimate of drug-likeness (QED) is 0.311. The Labute approximate surface area is 172 Å². The van der Waals surface area contributed by atoms with Crippen LogP contribution in [0.25, 0.3) is 10.6 Å². The summed E-state index contributed by atoms with van der Waals surface area (Å²) in [6, 6.07) is 14.4. The molecule has 0 bridgehead atoms. The Morgan fingerprint density at radius 1 is 1.14 bits per heavy atom. The molecule has 142 valence electrons. The number of rotatable bonds is 8. The van der Waals surface area contributed by atoms with Crippen LogP contribution in [0.15, 0.2) is 71.9 Å². The van der Waals surface area contributed by atoms with E-state index in [1.54, 1.807) is 23.1 Å². The summed E-state index contributed by atoms with van der Waals surface area (Å²) in [5.74, 6) is 1.72. The summed E-state index contributed by atoms with van der Waals surface area (Å²) in [5.41, 5.74) is 3.43. The lowest BCUT2D eigenvalue weighted by molar-refractivity contribution is 0.681. The van der Waals surface area contributed by atoms with Crippen molar-refractivity contribution < 1.29 is 0 Å². The van der Waals surface area contributed by atoms with E-state index in [1.807, 2.05) is 43.6 Å².